The van der Waals surface area contributed by atoms with E-state index in [2.05, 4.69) is 15.9 Å². The monoisotopic (exact) mass is 337 g/mol. The molecule has 0 spiro atoms. The van der Waals surface area contributed by atoms with Crippen molar-refractivity contribution in [2.45, 2.75) is 19.5 Å². The summed E-state index contributed by atoms with van der Waals surface area (Å²) in [5, 5.41) is 0. The normalized spacial score (nSPS) is 13.9. The molecule has 1 aromatic carbocycles. The van der Waals surface area contributed by atoms with Gasteiger partial charge in [0.15, 0.2) is 0 Å². The molecule has 0 saturated carbocycles. The molecule has 0 amide bonds. The third-order valence-electron chi connectivity index (χ3n) is 2.71. The smallest absolute Gasteiger partial charge is 0.148 e. The van der Waals surface area contributed by atoms with Crippen LogP contribution in [-0.4, -0.2) is 38.4 Å². The number of sulfone groups is 1. The molecule has 1 atom stereocenters. The third kappa shape index (κ3) is 5.04. The lowest BCUT2D eigenvalue weighted by atomic mass is 10.2. The van der Waals surface area contributed by atoms with Crippen molar-refractivity contribution in [3.8, 4) is 0 Å². The average molecular weight is 338 g/mol. The van der Waals surface area contributed by atoms with Gasteiger partial charge in [-0.3, -0.25) is 4.90 Å². The predicted octanol–water partition coefficient (Wildman–Crippen LogP) is 2.45. The summed E-state index contributed by atoms with van der Waals surface area (Å²) < 4.78 is 36.2. The fourth-order valence-corrected chi connectivity index (χ4v) is 3.02. The van der Waals surface area contributed by atoms with Gasteiger partial charge in [0.1, 0.15) is 15.7 Å². The van der Waals surface area contributed by atoms with Crippen molar-refractivity contribution in [3.05, 3.63) is 34.1 Å². The van der Waals surface area contributed by atoms with Crippen molar-refractivity contribution in [2.75, 3.05) is 19.1 Å². The molecular weight excluding hydrogens is 321 g/mol. The fraction of sp³-hybridized carbons (Fsp3) is 0.500. The van der Waals surface area contributed by atoms with E-state index in [4.69, 9.17) is 0 Å². The van der Waals surface area contributed by atoms with Gasteiger partial charge in [-0.05, 0) is 47.6 Å². The number of hydrogen-bond donors (Lipinski definition) is 0. The summed E-state index contributed by atoms with van der Waals surface area (Å²) in [7, 11) is -1.17. The van der Waals surface area contributed by atoms with Crippen molar-refractivity contribution in [1.29, 1.82) is 0 Å². The second-order valence-corrected chi connectivity index (χ2v) is 7.64. The van der Waals surface area contributed by atoms with Crippen LogP contribution in [0.25, 0.3) is 0 Å². The van der Waals surface area contributed by atoms with Gasteiger partial charge in [0.2, 0.25) is 0 Å². The molecule has 0 fully saturated rings. The topological polar surface area (TPSA) is 37.4 Å². The van der Waals surface area contributed by atoms with E-state index in [1.807, 2.05) is 24.9 Å². The summed E-state index contributed by atoms with van der Waals surface area (Å²) >= 11 is 3.10. The molecule has 6 heteroatoms. The van der Waals surface area contributed by atoms with Crippen molar-refractivity contribution >= 4 is 25.8 Å². The van der Waals surface area contributed by atoms with Gasteiger partial charge in [-0.15, -0.1) is 0 Å². The zero-order valence-electron chi connectivity index (χ0n) is 10.7. The fourth-order valence-electron chi connectivity index (χ4n) is 1.65. The lowest BCUT2D eigenvalue weighted by molar-refractivity contribution is 0.267. The molecule has 0 aliphatic heterocycles. The number of rotatable bonds is 5. The van der Waals surface area contributed by atoms with E-state index in [9.17, 15) is 12.8 Å². The molecule has 0 heterocycles. The molecule has 0 radical (unpaired) electrons. The van der Waals surface area contributed by atoms with E-state index in [-0.39, 0.29) is 17.6 Å². The SMILES string of the molecule is C[C@@H](CS(C)(=O)=O)N(C)Cc1ccc(Br)c(F)c1. The van der Waals surface area contributed by atoms with Crippen LogP contribution in [0.15, 0.2) is 22.7 Å². The molecule has 1 aromatic rings. The third-order valence-corrected chi connectivity index (χ3v) is 4.44. The van der Waals surface area contributed by atoms with Crippen LogP contribution in [0.1, 0.15) is 12.5 Å². The van der Waals surface area contributed by atoms with Gasteiger partial charge in [-0.1, -0.05) is 6.07 Å². The van der Waals surface area contributed by atoms with Gasteiger partial charge in [0.05, 0.1) is 10.2 Å². The maximum absolute atomic E-state index is 13.3. The average Bonchev–Trinajstić information content (AvgIpc) is 2.21. The molecule has 0 aliphatic carbocycles. The van der Waals surface area contributed by atoms with Crippen molar-refractivity contribution < 1.29 is 12.8 Å². The number of halogens is 2. The Balaban J connectivity index is 2.69. The second kappa shape index (κ2) is 6.12. The predicted molar refractivity (Wildman–Crippen MR) is 74.7 cm³/mol. The van der Waals surface area contributed by atoms with Crippen LogP contribution < -0.4 is 0 Å². The Hall–Kier alpha value is -0.460. The van der Waals surface area contributed by atoms with Gasteiger partial charge in [0.25, 0.3) is 0 Å². The maximum atomic E-state index is 13.3. The van der Waals surface area contributed by atoms with Gasteiger partial charge >= 0.3 is 0 Å². The Kier molecular flexibility index (Phi) is 5.31. The highest BCUT2D eigenvalue weighted by Gasteiger charge is 2.15. The van der Waals surface area contributed by atoms with E-state index in [0.717, 1.165) is 5.56 Å². The summed E-state index contributed by atoms with van der Waals surface area (Å²) in [4.78, 5) is 1.89. The van der Waals surface area contributed by atoms with E-state index in [0.29, 0.717) is 11.0 Å². The van der Waals surface area contributed by atoms with Crippen LogP contribution in [0.5, 0.6) is 0 Å². The first-order valence-electron chi connectivity index (χ1n) is 5.51. The molecule has 0 N–H and O–H groups in total. The molecule has 0 bridgehead atoms. The van der Waals surface area contributed by atoms with Crippen LogP contribution in [0.4, 0.5) is 4.39 Å². The molecule has 3 nitrogen and oxygen atoms in total. The van der Waals surface area contributed by atoms with Crippen LogP contribution in [0, 0.1) is 5.82 Å². The first-order valence-corrected chi connectivity index (χ1v) is 8.36. The molecular formula is C12H17BrFNO2S. The van der Waals surface area contributed by atoms with E-state index >= 15 is 0 Å². The largest absolute Gasteiger partial charge is 0.298 e. The van der Waals surface area contributed by atoms with E-state index in [1.165, 1.54) is 12.3 Å². The second-order valence-electron chi connectivity index (χ2n) is 4.61. The maximum Gasteiger partial charge on any atom is 0.148 e. The van der Waals surface area contributed by atoms with Crippen LogP contribution in [0.3, 0.4) is 0 Å². The number of hydrogen-bond acceptors (Lipinski definition) is 3. The minimum Gasteiger partial charge on any atom is -0.298 e. The summed E-state index contributed by atoms with van der Waals surface area (Å²) in [5.74, 6) is -0.209. The zero-order valence-corrected chi connectivity index (χ0v) is 13.1. The van der Waals surface area contributed by atoms with Crippen LogP contribution in [0.2, 0.25) is 0 Å². The molecule has 1 rings (SSSR count). The van der Waals surface area contributed by atoms with Gasteiger partial charge < -0.3 is 0 Å². The molecule has 0 saturated heterocycles. The van der Waals surface area contributed by atoms with Crippen molar-refractivity contribution in [2.24, 2.45) is 0 Å². The van der Waals surface area contributed by atoms with Crippen molar-refractivity contribution in [1.82, 2.24) is 4.90 Å². The Labute approximate surface area is 116 Å². The van der Waals surface area contributed by atoms with Gasteiger partial charge in [-0.2, -0.15) is 0 Å². The highest BCUT2D eigenvalue weighted by atomic mass is 79.9. The summed E-state index contributed by atoms with van der Waals surface area (Å²) in [6.45, 7) is 2.36. The molecule has 0 unspecified atom stereocenters. The summed E-state index contributed by atoms with van der Waals surface area (Å²) in [6, 6.07) is 4.82. The Bertz CT molecular complexity index is 519. The van der Waals surface area contributed by atoms with Gasteiger partial charge in [-0.25, -0.2) is 12.8 Å². The number of nitrogens with zero attached hydrogens (tertiary/aromatic N) is 1. The minimum atomic E-state index is -3.00. The van der Waals surface area contributed by atoms with Crippen LogP contribution in [-0.2, 0) is 16.4 Å². The highest BCUT2D eigenvalue weighted by Crippen LogP contribution is 2.17. The zero-order chi connectivity index (χ0) is 13.9. The van der Waals surface area contributed by atoms with Crippen LogP contribution >= 0.6 is 15.9 Å². The molecule has 18 heavy (non-hydrogen) atoms. The first-order chi connectivity index (χ1) is 8.19. The molecule has 102 valence electrons. The quantitative estimate of drug-likeness (QED) is 0.828. The Morgan fingerprint density at radius 3 is 2.56 bits per heavy atom. The number of benzene rings is 1. The standard InChI is InChI=1S/C12H17BrFNO2S/c1-9(8-18(3,16)17)15(2)7-10-4-5-11(13)12(14)6-10/h4-6,9H,7-8H2,1-3H3/t9-/m0/s1. The Morgan fingerprint density at radius 2 is 2.06 bits per heavy atom. The molecule has 0 aromatic heterocycles. The minimum absolute atomic E-state index is 0.0997. The highest BCUT2D eigenvalue weighted by molar-refractivity contribution is 9.10. The lowest BCUT2D eigenvalue weighted by Crippen LogP contribution is -2.34. The first kappa shape index (κ1) is 15.6. The van der Waals surface area contributed by atoms with E-state index in [1.54, 1.807) is 6.07 Å². The van der Waals surface area contributed by atoms with Gasteiger partial charge in [0, 0.05) is 18.8 Å². The molecule has 0 aliphatic rings. The summed E-state index contributed by atoms with van der Waals surface area (Å²) in [5.41, 5.74) is 0.818. The Morgan fingerprint density at radius 1 is 1.44 bits per heavy atom. The van der Waals surface area contributed by atoms with E-state index < -0.39 is 9.84 Å². The lowest BCUT2D eigenvalue weighted by Gasteiger charge is -2.24. The summed E-state index contributed by atoms with van der Waals surface area (Å²) in [6.07, 6.45) is 1.22. The van der Waals surface area contributed by atoms with Crippen molar-refractivity contribution in [3.63, 3.8) is 0 Å².